The Morgan fingerprint density at radius 2 is 1.89 bits per heavy atom. The SMILES string of the molecule is CCN1CCN(c2ccc(CNC(=NC)NCCn3cccc3)cn2)CC1. The number of likely N-dealkylation sites (N-methyl/N-ethyl adjacent to an activating group) is 1. The van der Waals surface area contributed by atoms with Gasteiger partial charge in [0.05, 0.1) is 0 Å². The van der Waals surface area contributed by atoms with Gasteiger partial charge in [0, 0.05) is 71.5 Å². The number of hydrogen-bond donors (Lipinski definition) is 2. The third-order valence-corrected chi connectivity index (χ3v) is 4.96. The molecule has 27 heavy (non-hydrogen) atoms. The molecule has 3 rings (SSSR count). The van der Waals surface area contributed by atoms with Crippen molar-refractivity contribution in [2.75, 3.05) is 51.2 Å². The Balaban J connectivity index is 1.42. The number of rotatable bonds is 7. The summed E-state index contributed by atoms with van der Waals surface area (Å²) in [4.78, 5) is 13.8. The molecule has 0 spiro atoms. The minimum Gasteiger partial charge on any atom is -0.355 e. The van der Waals surface area contributed by atoms with Crippen LogP contribution < -0.4 is 15.5 Å². The van der Waals surface area contributed by atoms with E-state index >= 15 is 0 Å². The lowest BCUT2D eigenvalue weighted by Gasteiger charge is -2.34. The number of guanidine groups is 1. The van der Waals surface area contributed by atoms with Crippen LogP contribution in [0, 0.1) is 0 Å². The standard InChI is InChI=1S/C20H31N7/c1-3-25-12-14-27(15-13-25)19-7-6-18(16-23-19)17-24-20(21-2)22-8-11-26-9-4-5-10-26/h4-7,9-10,16H,3,8,11-15,17H2,1-2H3,(H2,21,22,24). The zero-order valence-electron chi connectivity index (χ0n) is 16.4. The maximum atomic E-state index is 4.66. The molecule has 1 saturated heterocycles. The maximum absolute atomic E-state index is 4.66. The molecular weight excluding hydrogens is 338 g/mol. The number of pyridine rings is 1. The highest BCUT2D eigenvalue weighted by molar-refractivity contribution is 5.79. The highest BCUT2D eigenvalue weighted by Gasteiger charge is 2.16. The van der Waals surface area contributed by atoms with Crippen molar-refractivity contribution in [3.05, 3.63) is 48.4 Å². The highest BCUT2D eigenvalue weighted by Crippen LogP contribution is 2.14. The van der Waals surface area contributed by atoms with Crippen LogP contribution in [0.25, 0.3) is 0 Å². The minimum absolute atomic E-state index is 0.708. The summed E-state index contributed by atoms with van der Waals surface area (Å²) in [5, 5.41) is 6.68. The summed E-state index contributed by atoms with van der Waals surface area (Å²) in [6, 6.07) is 8.34. The monoisotopic (exact) mass is 369 g/mol. The van der Waals surface area contributed by atoms with E-state index in [1.807, 2.05) is 18.3 Å². The zero-order chi connectivity index (χ0) is 18.9. The van der Waals surface area contributed by atoms with E-state index in [2.05, 4.69) is 66.4 Å². The zero-order valence-corrected chi connectivity index (χ0v) is 16.4. The molecule has 0 bridgehead atoms. The maximum Gasteiger partial charge on any atom is 0.191 e. The van der Waals surface area contributed by atoms with Gasteiger partial charge in [0.15, 0.2) is 5.96 Å². The first kappa shape index (κ1) is 19.2. The molecule has 2 N–H and O–H groups in total. The van der Waals surface area contributed by atoms with Crippen molar-refractivity contribution in [2.24, 2.45) is 4.99 Å². The van der Waals surface area contributed by atoms with Crippen LogP contribution in [0.2, 0.25) is 0 Å². The number of nitrogens with one attached hydrogen (secondary N) is 2. The Bertz CT molecular complexity index is 686. The van der Waals surface area contributed by atoms with Crippen molar-refractivity contribution in [2.45, 2.75) is 20.0 Å². The Morgan fingerprint density at radius 3 is 2.52 bits per heavy atom. The molecule has 1 fully saturated rings. The molecule has 2 aromatic heterocycles. The van der Waals surface area contributed by atoms with Crippen molar-refractivity contribution < 1.29 is 0 Å². The summed E-state index contributed by atoms with van der Waals surface area (Å²) >= 11 is 0. The summed E-state index contributed by atoms with van der Waals surface area (Å²) in [5.41, 5.74) is 1.15. The van der Waals surface area contributed by atoms with Crippen molar-refractivity contribution >= 4 is 11.8 Å². The van der Waals surface area contributed by atoms with Gasteiger partial charge in [0.2, 0.25) is 0 Å². The summed E-state index contributed by atoms with van der Waals surface area (Å²) in [7, 11) is 1.79. The fourth-order valence-electron chi connectivity index (χ4n) is 3.23. The third kappa shape index (κ3) is 5.72. The molecule has 0 saturated carbocycles. The molecule has 1 aliphatic heterocycles. The molecule has 3 heterocycles. The number of hydrogen-bond acceptors (Lipinski definition) is 4. The van der Waals surface area contributed by atoms with Crippen LogP contribution in [-0.2, 0) is 13.1 Å². The summed E-state index contributed by atoms with van der Waals surface area (Å²) in [6.45, 7) is 10.1. The first-order valence-corrected chi connectivity index (χ1v) is 9.76. The van der Waals surface area contributed by atoms with Crippen molar-refractivity contribution in [1.29, 1.82) is 0 Å². The van der Waals surface area contributed by atoms with E-state index in [1.54, 1.807) is 7.05 Å². The molecular formula is C20H31N7. The fraction of sp³-hybridized carbons (Fsp3) is 0.500. The van der Waals surface area contributed by atoms with Crippen LogP contribution in [0.5, 0.6) is 0 Å². The van der Waals surface area contributed by atoms with E-state index in [0.717, 1.165) is 63.2 Å². The average Bonchev–Trinajstić information content (AvgIpc) is 3.24. The predicted molar refractivity (Wildman–Crippen MR) is 111 cm³/mol. The van der Waals surface area contributed by atoms with E-state index in [9.17, 15) is 0 Å². The highest BCUT2D eigenvalue weighted by atomic mass is 15.3. The molecule has 2 aromatic rings. The molecule has 0 aliphatic carbocycles. The van der Waals surface area contributed by atoms with Crippen LogP contribution in [0.15, 0.2) is 47.8 Å². The normalized spacial score (nSPS) is 15.8. The quantitative estimate of drug-likeness (QED) is 0.571. The molecule has 1 aliphatic rings. The Kier molecular flexibility index (Phi) is 7.10. The second-order valence-electron chi connectivity index (χ2n) is 6.72. The van der Waals surface area contributed by atoms with Gasteiger partial charge in [-0.25, -0.2) is 4.98 Å². The first-order valence-electron chi connectivity index (χ1n) is 9.76. The van der Waals surface area contributed by atoms with Gasteiger partial charge in [-0.1, -0.05) is 13.0 Å². The van der Waals surface area contributed by atoms with Crippen LogP contribution in [0.1, 0.15) is 12.5 Å². The Labute approximate surface area is 162 Å². The average molecular weight is 370 g/mol. The van der Waals surface area contributed by atoms with Gasteiger partial charge in [-0.05, 0) is 30.3 Å². The third-order valence-electron chi connectivity index (χ3n) is 4.96. The molecule has 7 nitrogen and oxygen atoms in total. The summed E-state index contributed by atoms with van der Waals surface area (Å²) < 4.78 is 2.14. The molecule has 0 aromatic carbocycles. The minimum atomic E-state index is 0.708. The van der Waals surface area contributed by atoms with Gasteiger partial charge in [-0.15, -0.1) is 0 Å². The van der Waals surface area contributed by atoms with Gasteiger partial charge in [-0.2, -0.15) is 0 Å². The van der Waals surface area contributed by atoms with Crippen LogP contribution in [0.4, 0.5) is 5.82 Å². The van der Waals surface area contributed by atoms with E-state index in [4.69, 9.17) is 0 Å². The van der Waals surface area contributed by atoms with E-state index in [1.165, 1.54) is 0 Å². The van der Waals surface area contributed by atoms with Crippen LogP contribution in [0.3, 0.4) is 0 Å². The Hall–Kier alpha value is -2.54. The fourth-order valence-corrected chi connectivity index (χ4v) is 3.23. The molecule has 0 amide bonds. The van der Waals surface area contributed by atoms with E-state index < -0.39 is 0 Å². The van der Waals surface area contributed by atoms with Gasteiger partial charge >= 0.3 is 0 Å². The van der Waals surface area contributed by atoms with E-state index in [-0.39, 0.29) is 0 Å². The van der Waals surface area contributed by atoms with Crippen LogP contribution in [-0.4, -0.2) is 66.7 Å². The lowest BCUT2D eigenvalue weighted by molar-refractivity contribution is 0.270. The molecule has 0 radical (unpaired) electrons. The molecule has 146 valence electrons. The summed E-state index contributed by atoms with van der Waals surface area (Å²) in [6.07, 6.45) is 6.09. The number of anilines is 1. The van der Waals surface area contributed by atoms with Gasteiger partial charge < -0.3 is 25.0 Å². The molecule has 0 unspecified atom stereocenters. The van der Waals surface area contributed by atoms with Crippen molar-refractivity contribution in [3.63, 3.8) is 0 Å². The first-order chi connectivity index (χ1) is 13.3. The second-order valence-corrected chi connectivity index (χ2v) is 6.72. The molecule has 0 atom stereocenters. The van der Waals surface area contributed by atoms with Gasteiger partial charge in [-0.3, -0.25) is 4.99 Å². The lowest BCUT2D eigenvalue weighted by atomic mass is 10.2. The van der Waals surface area contributed by atoms with E-state index in [0.29, 0.717) is 6.54 Å². The largest absolute Gasteiger partial charge is 0.355 e. The predicted octanol–water partition coefficient (Wildman–Crippen LogP) is 1.39. The van der Waals surface area contributed by atoms with Gasteiger partial charge in [0.25, 0.3) is 0 Å². The smallest absolute Gasteiger partial charge is 0.191 e. The number of aromatic nitrogens is 2. The topological polar surface area (TPSA) is 60.7 Å². The van der Waals surface area contributed by atoms with Crippen molar-refractivity contribution in [1.82, 2.24) is 25.1 Å². The van der Waals surface area contributed by atoms with Crippen molar-refractivity contribution in [3.8, 4) is 0 Å². The lowest BCUT2D eigenvalue weighted by Crippen LogP contribution is -2.46. The summed E-state index contributed by atoms with van der Waals surface area (Å²) in [5.74, 6) is 1.88. The number of piperazine rings is 1. The number of aliphatic imine (C=N–C) groups is 1. The van der Waals surface area contributed by atoms with Crippen LogP contribution >= 0.6 is 0 Å². The Morgan fingerprint density at radius 1 is 1.11 bits per heavy atom. The number of nitrogens with zero attached hydrogens (tertiary/aromatic N) is 5. The second kappa shape index (κ2) is 9.97. The molecule has 7 heteroatoms. The van der Waals surface area contributed by atoms with Gasteiger partial charge in [0.1, 0.15) is 5.82 Å².